The number of hydrogen-bond donors (Lipinski definition) is 2. The predicted octanol–water partition coefficient (Wildman–Crippen LogP) is 3.93. The van der Waals surface area contributed by atoms with Crippen LogP contribution in [0.2, 0.25) is 0 Å². The van der Waals surface area contributed by atoms with E-state index in [1.54, 1.807) is 52.1 Å². The number of aliphatic hydroxyl groups is 1. The zero-order valence-corrected chi connectivity index (χ0v) is 13.8. The molecule has 0 radical (unpaired) electrons. The highest BCUT2D eigenvalue weighted by molar-refractivity contribution is 14.1. The van der Waals surface area contributed by atoms with E-state index in [0.717, 1.165) is 6.42 Å². The molecule has 0 heterocycles. The second kappa shape index (κ2) is 6.83. The molecule has 0 saturated carbocycles. The summed E-state index contributed by atoms with van der Waals surface area (Å²) in [5.41, 5.74) is 0.626. The summed E-state index contributed by atoms with van der Waals surface area (Å²) in [6.07, 6.45) is 0.229. The van der Waals surface area contributed by atoms with E-state index in [2.05, 4.69) is 0 Å². The summed E-state index contributed by atoms with van der Waals surface area (Å²) in [7, 11) is 0. The van der Waals surface area contributed by atoms with Crippen molar-refractivity contribution in [2.75, 3.05) is 0 Å². The smallest absolute Gasteiger partial charge is 0.217 e. The van der Waals surface area contributed by atoms with Crippen LogP contribution in [0.4, 0.5) is 0 Å². The van der Waals surface area contributed by atoms with Crippen LogP contribution < -0.4 is 6.13 Å². The summed E-state index contributed by atoms with van der Waals surface area (Å²) in [5.74, 6) is 0.742. The Morgan fingerprint density at radius 3 is 2.41 bits per heavy atom. The van der Waals surface area contributed by atoms with Crippen LogP contribution in [0.25, 0.3) is 0 Å². The third-order valence-electron chi connectivity index (χ3n) is 2.74. The van der Waals surface area contributed by atoms with E-state index in [0.29, 0.717) is 11.3 Å². The SMILES string of the molecule is CCC(C)C(O)c1cc(O)c(OI)c(OI)c1. The summed E-state index contributed by atoms with van der Waals surface area (Å²) in [4.78, 5) is 0. The fourth-order valence-electron chi connectivity index (χ4n) is 1.47. The second-order valence-electron chi connectivity index (χ2n) is 3.85. The van der Waals surface area contributed by atoms with Gasteiger partial charge in [-0.3, -0.25) is 0 Å². The van der Waals surface area contributed by atoms with Crippen molar-refractivity contribution in [3.05, 3.63) is 17.7 Å². The highest BCUT2D eigenvalue weighted by atomic mass is 127. The van der Waals surface area contributed by atoms with Gasteiger partial charge in [-0.1, -0.05) is 20.3 Å². The molecule has 1 aromatic carbocycles. The quantitative estimate of drug-likeness (QED) is 0.649. The van der Waals surface area contributed by atoms with Gasteiger partial charge >= 0.3 is 0 Å². The van der Waals surface area contributed by atoms with Crippen molar-refractivity contribution in [3.8, 4) is 17.2 Å². The van der Waals surface area contributed by atoms with Crippen molar-refractivity contribution < 1.29 is 16.3 Å². The van der Waals surface area contributed by atoms with Gasteiger partial charge in [-0.15, -0.1) is 0 Å². The minimum absolute atomic E-state index is 0.0362. The molecule has 0 aliphatic carbocycles. The van der Waals surface area contributed by atoms with Crippen LogP contribution in [0.3, 0.4) is 0 Å². The van der Waals surface area contributed by atoms with Crippen LogP contribution in [0.1, 0.15) is 31.9 Å². The molecule has 2 atom stereocenters. The Morgan fingerprint density at radius 1 is 1.29 bits per heavy atom. The molecule has 96 valence electrons. The van der Waals surface area contributed by atoms with Gasteiger partial charge in [0, 0.05) is 0 Å². The largest absolute Gasteiger partial charge is 0.504 e. The lowest BCUT2D eigenvalue weighted by molar-refractivity contribution is 0.115. The molecule has 6 heteroatoms. The highest BCUT2D eigenvalue weighted by Crippen LogP contribution is 2.42. The van der Waals surface area contributed by atoms with E-state index in [-0.39, 0.29) is 17.4 Å². The first-order chi connectivity index (χ1) is 8.04. The van der Waals surface area contributed by atoms with Gasteiger partial charge in [0.25, 0.3) is 0 Å². The average Bonchev–Trinajstić information content (AvgIpc) is 2.35. The first-order valence-corrected chi connectivity index (χ1v) is 6.93. The molecule has 0 spiro atoms. The maximum atomic E-state index is 10.1. The van der Waals surface area contributed by atoms with Crippen molar-refractivity contribution in [2.45, 2.75) is 26.4 Å². The Kier molecular flexibility index (Phi) is 6.07. The van der Waals surface area contributed by atoms with Crippen molar-refractivity contribution in [3.63, 3.8) is 0 Å². The third-order valence-corrected chi connectivity index (χ3v) is 3.66. The topological polar surface area (TPSA) is 58.9 Å². The van der Waals surface area contributed by atoms with Crippen LogP contribution in [0.5, 0.6) is 17.2 Å². The lowest BCUT2D eigenvalue weighted by Gasteiger charge is -2.19. The first-order valence-electron chi connectivity index (χ1n) is 5.17. The van der Waals surface area contributed by atoms with E-state index in [4.69, 9.17) is 6.13 Å². The summed E-state index contributed by atoms with van der Waals surface area (Å²) in [6, 6.07) is 3.18. The molecular formula is C11H14I2O4. The number of phenols is 1. The van der Waals surface area contributed by atoms with Crippen molar-refractivity contribution >= 4 is 46.0 Å². The minimum atomic E-state index is -0.625. The zero-order valence-electron chi connectivity index (χ0n) is 9.48. The fourth-order valence-corrected chi connectivity index (χ4v) is 2.24. The summed E-state index contributed by atoms with van der Waals surface area (Å²) in [5, 5.41) is 19.9. The monoisotopic (exact) mass is 464 g/mol. The zero-order chi connectivity index (χ0) is 13.0. The molecule has 0 fully saturated rings. The standard InChI is InChI=1S/C11H14I2O4/c1-3-6(2)10(15)7-4-8(14)11(17-13)9(5-7)16-12/h4-6,10,14-15H,3H2,1-2H3. The van der Waals surface area contributed by atoms with Gasteiger partial charge in [-0.2, -0.15) is 0 Å². The number of aliphatic hydroxyl groups excluding tert-OH is 1. The molecule has 0 aromatic heterocycles. The molecule has 1 rings (SSSR count). The highest BCUT2D eigenvalue weighted by Gasteiger charge is 2.20. The number of aromatic hydroxyl groups is 1. The average molecular weight is 464 g/mol. The van der Waals surface area contributed by atoms with Crippen LogP contribution in [-0.4, -0.2) is 10.2 Å². The van der Waals surface area contributed by atoms with E-state index in [9.17, 15) is 10.2 Å². The van der Waals surface area contributed by atoms with Crippen LogP contribution in [-0.2, 0) is 0 Å². The third kappa shape index (κ3) is 3.50. The first kappa shape index (κ1) is 15.1. The molecule has 0 aliphatic heterocycles. The van der Waals surface area contributed by atoms with E-state index in [1.165, 1.54) is 6.07 Å². The maximum Gasteiger partial charge on any atom is 0.217 e. The molecule has 1 aromatic rings. The molecule has 0 aliphatic rings. The van der Waals surface area contributed by atoms with Gasteiger partial charge in [0.05, 0.1) is 6.10 Å². The van der Waals surface area contributed by atoms with Gasteiger partial charge < -0.3 is 16.3 Å². The van der Waals surface area contributed by atoms with Crippen LogP contribution in [0, 0.1) is 5.92 Å². The Labute approximate surface area is 129 Å². The maximum absolute atomic E-state index is 10.1. The molecule has 17 heavy (non-hydrogen) atoms. The normalized spacial score (nSPS) is 14.2. The van der Waals surface area contributed by atoms with Gasteiger partial charge in [0.1, 0.15) is 0 Å². The lowest BCUT2D eigenvalue weighted by Crippen LogP contribution is -2.08. The summed E-state index contributed by atoms with van der Waals surface area (Å²) in [6.45, 7) is 3.96. The van der Waals surface area contributed by atoms with E-state index < -0.39 is 6.10 Å². The number of halogens is 2. The van der Waals surface area contributed by atoms with Gasteiger partial charge in [0.2, 0.25) is 5.75 Å². The van der Waals surface area contributed by atoms with Gasteiger partial charge in [0.15, 0.2) is 57.5 Å². The molecule has 4 nitrogen and oxygen atoms in total. The predicted molar refractivity (Wildman–Crippen MR) is 81.8 cm³/mol. The molecule has 0 saturated heterocycles. The second-order valence-corrected chi connectivity index (χ2v) is 4.73. The number of rotatable bonds is 5. The van der Waals surface area contributed by atoms with Crippen molar-refractivity contribution in [2.24, 2.45) is 5.92 Å². The Bertz CT molecular complexity index is 384. The summed E-state index contributed by atoms with van der Waals surface area (Å²) >= 11 is 3.38. The Hall–Kier alpha value is 0.0400. The van der Waals surface area contributed by atoms with E-state index in [1.807, 2.05) is 13.8 Å². The Morgan fingerprint density at radius 2 is 1.94 bits per heavy atom. The molecule has 0 amide bonds. The number of hydrogen-bond acceptors (Lipinski definition) is 4. The van der Waals surface area contributed by atoms with Crippen molar-refractivity contribution in [1.29, 1.82) is 0 Å². The Balaban J connectivity index is 3.15. The minimum Gasteiger partial charge on any atom is -0.504 e. The summed E-state index contributed by atoms with van der Waals surface area (Å²) < 4.78 is 10.1. The van der Waals surface area contributed by atoms with Gasteiger partial charge in [-0.25, -0.2) is 0 Å². The van der Waals surface area contributed by atoms with Gasteiger partial charge in [-0.05, 0) is 23.6 Å². The molecule has 2 N–H and O–H groups in total. The van der Waals surface area contributed by atoms with E-state index >= 15 is 0 Å². The number of phenolic OH excluding ortho intramolecular Hbond substituents is 1. The fraction of sp³-hybridized carbons (Fsp3) is 0.455. The molecule has 2 unspecified atom stereocenters. The van der Waals surface area contributed by atoms with Crippen LogP contribution in [0.15, 0.2) is 12.1 Å². The molecular weight excluding hydrogens is 450 g/mol. The lowest BCUT2D eigenvalue weighted by atomic mass is 9.95. The van der Waals surface area contributed by atoms with Crippen LogP contribution >= 0.6 is 46.0 Å². The number of benzene rings is 1. The van der Waals surface area contributed by atoms with Crippen molar-refractivity contribution in [1.82, 2.24) is 0 Å². The molecule has 0 bridgehead atoms.